The molecular formula is C35H42N6O4. The van der Waals surface area contributed by atoms with Crippen molar-refractivity contribution >= 4 is 34.0 Å². The van der Waals surface area contributed by atoms with Crippen LogP contribution >= 0.6 is 0 Å². The van der Waals surface area contributed by atoms with E-state index in [9.17, 15) is 9.59 Å². The molecule has 1 N–H and O–H groups in total. The Bertz CT molecular complexity index is 1590. The smallest absolute Gasteiger partial charge is 0.270 e. The summed E-state index contributed by atoms with van der Waals surface area (Å²) in [6.45, 7) is 14.1. The van der Waals surface area contributed by atoms with Crippen LogP contribution in [-0.2, 0) is 27.2 Å². The number of nitrogens with zero attached hydrogens (tertiary/aromatic N) is 5. The van der Waals surface area contributed by atoms with Gasteiger partial charge >= 0.3 is 0 Å². The zero-order chi connectivity index (χ0) is 30.9. The summed E-state index contributed by atoms with van der Waals surface area (Å²) in [6.07, 6.45) is 2.20. The number of anilines is 2. The van der Waals surface area contributed by atoms with Crippen molar-refractivity contribution in [2.24, 2.45) is 0 Å². The first-order valence-corrected chi connectivity index (χ1v) is 16.1. The molecule has 4 aliphatic heterocycles. The van der Waals surface area contributed by atoms with E-state index in [1.807, 2.05) is 11.0 Å². The molecule has 0 aliphatic carbocycles. The lowest BCUT2D eigenvalue weighted by atomic mass is 9.97. The molecule has 2 aromatic carbocycles. The summed E-state index contributed by atoms with van der Waals surface area (Å²) in [5.41, 5.74) is 6.05. The van der Waals surface area contributed by atoms with Crippen molar-refractivity contribution in [3.05, 3.63) is 77.6 Å². The maximum Gasteiger partial charge on any atom is 0.270 e. The van der Waals surface area contributed by atoms with Crippen molar-refractivity contribution in [2.75, 3.05) is 82.0 Å². The van der Waals surface area contributed by atoms with Gasteiger partial charge in [0.2, 0.25) is 5.91 Å². The summed E-state index contributed by atoms with van der Waals surface area (Å²) < 4.78 is 11.4. The van der Waals surface area contributed by atoms with E-state index >= 15 is 0 Å². The Kier molecular flexibility index (Phi) is 8.44. The second-order valence-electron chi connectivity index (χ2n) is 12.4. The third-order valence-electron chi connectivity index (χ3n) is 9.81. The SMILES string of the molecule is C=CC(=O)N1CCN(c2cc(C(=O)N[C@@H]3COC[C@H]3N3CCOCC3)nc3c2CCN(c2cccc4cccc(C)c24)C3)CC1. The van der Waals surface area contributed by atoms with Gasteiger partial charge in [0.25, 0.3) is 5.91 Å². The van der Waals surface area contributed by atoms with Crippen LogP contribution in [0.25, 0.3) is 10.8 Å². The first kappa shape index (κ1) is 29.7. The van der Waals surface area contributed by atoms with Gasteiger partial charge < -0.3 is 29.5 Å². The molecule has 2 atom stereocenters. The minimum atomic E-state index is -0.175. The number of rotatable bonds is 6. The van der Waals surface area contributed by atoms with E-state index in [-0.39, 0.29) is 23.9 Å². The molecule has 5 heterocycles. The Morgan fingerprint density at radius 1 is 0.933 bits per heavy atom. The summed E-state index contributed by atoms with van der Waals surface area (Å²) in [5.74, 6) is -0.215. The second-order valence-corrected chi connectivity index (χ2v) is 12.4. The molecule has 4 aliphatic rings. The average molecular weight is 611 g/mol. The van der Waals surface area contributed by atoms with Gasteiger partial charge in [0.15, 0.2) is 0 Å². The maximum absolute atomic E-state index is 13.9. The Morgan fingerprint density at radius 2 is 1.71 bits per heavy atom. The van der Waals surface area contributed by atoms with Gasteiger partial charge in [-0.05, 0) is 42.5 Å². The van der Waals surface area contributed by atoms with Crippen molar-refractivity contribution in [3.8, 4) is 0 Å². The number of benzene rings is 2. The Balaban J connectivity index is 1.19. The Labute approximate surface area is 264 Å². The standard InChI is InChI=1S/C35H42N6O4/c1-3-33(42)40-14-12-38(13-15-40)31-20-27(35(43)37-29-22-45-23-32(29)39-16-18-44-19-17-39)36-28-21-41(11-10-26(28)31)30-9-5-8-25-7-4-6-24(2)34(25)30/h3-9,20,29,32H,1,10-19,21-23H2,2H3,(H,37,43)/t29-,32-/m1/s1. The van der Waals surface area contributed by atoms with Gasteiger partial charge in [-0.1, -0.05) is 36.9 Å². The van der Waals surface area contributed by atoms with Crippen molar-refractivity contribution in [1.82, 2.24) is 20.1 Å². The average Bonchev–Trinajstić information content (AvgIpc) is 3.55. The Hall–Kier alpha value is -3.99. The molecular weight excluding hydrogens is 568 g/mol. The van der Waals surface area contributed by atoms with Crippen molar-refractivity contribution in [2.45, 2.75) is 32.0 Å². The van der Waals surface area contributed by atoms with Gasteiger partial charge in [0.1, 0.15) is 5.69 Å². The number of fused-ring (bicyclic) bond motifs is 2. The van der Waals surface area contributed by atoms with Crippen molar-refractivity contribution in [3.63, 3.8) is 0 Å². The van der Waals surface area contributed by atoms with Gasteiger partial charge in [-0.3, -0.25) is 14.5 Å². The topological polar surface area (TPSA) is 90.5 Å². The fraction of sp³-hybridized carbons (Fsp3) is 0.457. The largest absolute Gasteiger partial charge is 0.379 e. The molecule has 10 heteroatoms. The van der Waals surface area contributed by atoms with E-state index in [2.05, 4.69) is 69.9 Å². The molecule has 0 radical (unpaired) electrons. The molecule has 3 aromatic rings. The van der Waals surface area contributed by atoms with E-state index in [0.29, 0.717) is 64.8 Å². The van der Waals surface area contributed by atoms with Crippen LogP contribution in [0.2, 0.25) is 0 Å². The van der Waals surface area contributed by atoms with E-state index < -0.39 is 0 Å². The van der Waals surface area contributed by atoms with Gasteiger partial charge in [-0.25, -0.2) is 4.98 Å². The molecule has 7 rings (SSSR count). The number of piperazine rings is 1. The number of carbonyl (C=O) groups excluding carboxylic acids is 2. The fourth-order valence-corrected chi connectivity index (χ4v) is 7.38. The number of hydrogen-bond donors (Lipinski definition) is 1. The number of morpholine rings is 1. The summed E-state index contributed by atoms with van der Waals surface area (Å²) in [5, 5.41) is 5.76. The summed E-state index contributed by atoms with van der Waals surface area (Å²) in [7, 11) is 0. The molecule has 10 nitrogen and oxygen atoms in total. The molecule has 2 amide bonds. The van der Waals surface area contributed by atoms with Crippen LogP contribution < -0.4 is 15.1 Å². The summed E-state index contributed by atoms with van der Waals surface area (Å²) in [6, 6.07) is 14.9. The predicted octanol–water partition coefficient (Wildman–Crippen LogP) is 2.77. The fourth-order valence-electron chi connectivity index (χ4n) is 7.38. The number of amides is 2. The van der Waals surface area contributed by atoms with Crippen molar-refractivity contribution < 1.29 is 19.1 Å². The number of aryl methyl sites for hydroxylation is 1. The minimum Gasteiger partial charge on any atom is -0.379 e. The summed E-state index contributed by atoms with van der Waals surface area (Å²) >= 11 is 0. The van der Waals surface area contributed by atoms with Crippen LogP contribution in [0, 0.1) is 6.92 Å². The zero-order valence-corrected chi connectivity index (χ0v) is 26.0. The van der Waals surface area contributed by atoms with Crippen LogP contribution in [0.15, 0.2) is 55.1 Å². The molecule has 1 aromatic heterocycles. The third-order valence-corrected chi connectivity index (χ3v) is 9.81. The predicted molar refractivity (Wildman–Crippen MR) is 175 cm³/mol. The lowest BCUT2D eigenvalue weighted by Crippen LogP contribution is -2.54. The van der Waals surface area contributed by atoms with Gasteiger partial charge in [0.05, 0.1) is 50.7 Å². The lowest BCUT2D eigenvalue weighted by Gasteiger charge is -2.39. The van der Waals surface area contributed by atoms with Crippen LogP contribution in [0.3, 0.4) is 0 Å². The van der Waals surface area contributed by atoms with Gasteiger partial charge in [-0.15, -0.1) is 0 Å². The number of aromatic nitrogens is 1. The highest BCUT2D eigenvalue weighted by atomic mass is 16.5. The molecule has 3 saturated heterocycles. The van der Waals surface area contributed by atoms with Crippen LogP contribution in [0.4, 0.5) is 11.4 Å². The zero-order valence-electron chi connectivity index (χ0n) is 26.0. The molecule has 3 fully saturated rings. The van der Waals surface area contributed by atoms with Crippen molar-refractivity contribution in [1.29, 1.82) is 0 Å². The minimum absolute atomic E-state index is 0.0406. The first-order valence-electron chi connectivity index (χ1n) is 16.1. The number of carbonyl (C=O) groups is 2. The number of hydrogen-bond acceptors (Lipinski definition) is 8. The first-order chi connectivity index (χ1) is 22.0. The van der Waals surface area contributed by atoms with E-state index in [4.69, 9.17) is 14.5 Å². The van der Waals surface area contributed by atoms with Crippen LogP contribution in [-0.4, -0.2) is 111 Å². The third kappa shape index (κ3) is 5.90. The normalized spacial score (nSPS) is 22.4. The molecule has 236 valence electrons. The number of ether oxygens (including phenoxy) is 2. The Morgan fingerprint density at radius 3 is 2.49 bits per heavy atom. The van der Waals surface area contributed by atoms with Crippen LogP contribution in [0.5, 0.6) is 0 Å². The maximum atomic E-state index is 13.9. The summed E-state index contributed by atoms with van der Waals surface area (Å²) in [4.78, 5) is 40.2. The molecule has 0 unspecified atom stereocenters. The highest BCUT2D eigenvalue weighted by Crippen LogP contribution is 2.36. The molecule has 0 bridgehead atoms. The quantitative estimate of drug-likeness (QED) is 0.427. The van der Waals surface area contributed by atoms with Crippen LogP contribution in [0.1, 0.15) is 27.3 Å². The van der Waals surface area contributed by atoms with E-state index in [1.54, 1.807) is 0 Å². The highest BCUT2D eigenvalue weighted by molar-refractivity contribution is 5.97. The molecule has 0 spiro atoms. The van der Waals surface area contributed by atoms with Gasteiger partial charge in [0, 0.05) is 68.1 Å². The van der Waals surface area contributed by atoms with E-state index in [1.165, 1.54) is 33.7 Å². The monoisotopic (exact) mass is 610 g/mol. The molecule has 45 heavy (non-hydrogen) atoms. The molecule has 0 saturated carbocycles. The lowest BCUT2D eigenvalue weighted by molar-refractivity contribution is -0.126. The second kappa shape index (κ2) is 12.8. The number of nitrogens with one attached hydrogen (secondary N) is 1. The highest BCUT2D eigenvalue weighted by Gasteiger charge is 2.36. The number of pyridine rings is 1. The van der Waals surface area contributed by atoms with Gasteiger partial charge in [-0.2, -0.15) is 0 Å². The van der Waals surface area contributed by atoms with E-state index in [0.717, 1.165) is 37.4 Å².